The molecule has 0 bridgehead atoms. The Balaban J connectivity index is 1.49. The molecule has 0 unspecified atom stereocenters. The molecule has 2 aliphatic heterocycles. The third kappa shape index (κ3) is 3.96. The zero-order chi connectivity index (χ0) is 15.2. The van der Waals surface area contributed by atoms with Gasteiger partial charge < -0.3 is 15.0 Å². The van der Waals surface area contributed by atoms with E-state index >= 15 is 0 Å². The predicted molar refractivity (Wildman–Crippen MR) is 85.3 cm³/mol. The zero-order valence-corrected chi connectivity index (χ0v) is 13.0. The van der Waals surface area contributed by atoms with Gasteiger partial charge in [0.25, 0.3) is 5.91 Å². The number of hydrogen-bond donors (Lipinski definition) is 1. The fourth-order valence-corrected chi connectivity index (χ4v) is 2.95. The molecule has 3 heterocycles. The summed E-state index contributed by atoms with van der Waals surface area (Å²) in [6.07, 6.45) is 5.92. The van der Waals surface area contributed by atoms with Crippen LogP contribution in [0.4, 0.5) is 5.69 Å². The molecule has 1 aromatic rings. The van der Waals surface area contributed by atoms with Crippen molar-refractivity contribution < 1.29 is 9.53 Å². The molecule has 0 radical (unpaired) electrons. The normalized spacial score (nSPS) is 19.4. The average molecular weight is 304 g/mol. The third-order valence-corrected chi connectivity index (χ3v) is 4.27. The van der Waals surface area contributed by atoms with Crippen LogP contribution in [0.1, 0.15) is 23.2 Å². The molecule has 6 heteroatoms. The van der Waals surface area contributed by atoms with E-state index in [-0.39, 0.29) is 5.91 Å². The highest BCUT2D eigenvalue weighted by molar-refractivity contribution is 5.94. The lowest BCUT2D eigenvalue weighted by Crippen LogP contribution is -2.41. The van der Waals surface area contributed by atoms with Gasteiger partial charge >= 0.3 is 0 Å². The largest absolute Gasteiger partial charge is 0.379 e. The summed E-state index contributed by atoms with van der Waals surface area (Å²) >= 11 is 0. The number of anilines is 1. The van der Waals surface area contributed by atoms with Crippen molar-refractivity contribution in [1.29, 1.82) is 0 Å². The van der Waals surface area contributed by atoms with Gasteiger partial charge in [-0.05, 0) is 18.9 Å². The molecule has 0 atom stereocenters. The molecule has 6 nitrogen and oxygen atoms in total. The average Bonchev–Trinajstić information content (AvgIpc) is 3.10. The van der Waals surface area contributed by atoms with Crippen LogP contribution >= 0.6 is 0 Å². The summed E-state index contributed by atoms with van der Waals surface area (Å²) in [6.45, 7) is 7.12. The number of nitrogens with zero attached hydrogens (tertiary/aromatic N) is 3. The van der Waals surface area contributed by atoms with Gasteiger partial charge in [0, 0.05) is 45.5 Å². The molecule has 2 fully saturated rings. The molecule has 2 saturated heterocycles. The van der Waals surface area contributed by atoms with Gasteiger partial charge in [-0.1, -0.05) is 0 Å². The number of carbonyl (C=O) groups excluding carboxylic acids is 1. The van der Waals surface area contributed by atoms with Crippen LogP contribution in [0, 0.1) is 0 Å². The van der Waals surface area contributed by atoms with E-state index in [0.717, 1.165) is 51.6 Å². The minimum atomic E-state index is -0.0400. The lowest BCUT2D eigenvalue weighted by atomic mass is 10.2. The molecule has 2 aliphatic rings. The Kier molecular flexibility index (Phi) is 5.24. The van der Waals surface area contributed by atoms with Crippen molar-refractivity contribution in [2.45, 2.75) is 12.8 Å². The smallest absolute Gasteiger partial charge is 0.252 e. The van der Waals surface area contributed by atoms with Gasteiger partial charge in [-0.2, -0.15) is 0 Å². The van der Waals surface area contributed by atoms with E-state index in [1.165, 1.54) is 12.8 Å². The van der Waals surface area contributed by atoms with Gasteiger partial charge in [0.2, 0.25) is 0 Å². The summed E-state index contributed by atoms with van der Waals surface area (Å²) in [5.74, 6) is -0.0400. The molecule has 0 aromatic carbocycles. The predicted octanol–water partition coefficient (Wildman–Crippen LogP) is 0.744. The first kappa shape index (κ1) is 15.2. The molecule has 22 heavy (non-hydrogen) atoms. The summed E-state index contributed by atoms with van der Waals surface area (Å²) in [5.41, 5.74) is 1.70. The van der Waals surface area contributed by atoms with Crippen molar-refractivity contribution in [3.63, 3.8) is 0 Å². The maximum Gasteiger partial charge on any atom is 0.252 e. The lowest BCUT2D eigenvalue weighted by Gasteiger charge is -2.26. The van der Waals surface area contributed by atoms with E-state index in [9.17, 15) is 4.79 Å². The van der Waals surface area contributed by atoms with Gasteiger partial charge in [-0.15, -0.1) is 0 Å². The summed E-state index contributed by atoms with van der Waals surface area (Å²) in [7, 11) is 0. The van der Waals surface area contributed by atoms with Crippen LogP contribution in [0.15, 0.2) is 18.5 Å². The standard InChI is InChI=1S/C16H24N4O2/c21-16(18-3-6-19-7-9-22-10-8-19)14-11-15(13-17-12-14)20-4-1-2-5-20/h11-13H,1-10H2,(H,18,21). The molecule has 3 rings (SSSR count). The number of ether oxygens (including phenoxy) is 1. The van der Waals surface area contributed by atoms with Crippen molar-refractivity contribution in [3.05, 3.63) is 24.0 Å². The Morgan fingerprint density at radius 2 is 1.95 bits per heavy atom. The number of aromatic nitrogens is 1. The van der Waals surface area contributed by atoms with E-state index in [2.05, 4.69) is 20.1 Å². The Labute approximate surface area is 131 Å². The molecular formula is C16H24N4O2. The highest BCUT2D eigenvalue weighted by atomic mass is 16.5. The fraction of sp³-hybridized carbons (Fsp3) is 0.625. The Bertz CT molecular complexity index is 497. The molecule has 0 spiro atoms. The highest BCUT2D eigenvalue weighted by Crippen LogP contribution is 2.19. The van der Waals surface area contributed by atoms with E-state index in [1.807, 2.05) is 12.3 Å². The molecule has 1 aromatic heterocycles. The van der Waals surface area contributed by atoms with Crippen LogP contribution in [0.25, 0.3) is 0 Å². The van der Waals surface area contributed by atoms with Gasteiger partial charge in [0.1, 0.15) is 0 Å². The summed E-state index contributed by atoms with van der Waals surface area (Å²) in [5, 5.41) is 2.98. The monoisotopic (exact) mass is 304 g/mol. The first-order valence-electron chi connectivity index (χ1n) is 8.11. The first-order chi connectivity index (χ1) is 10.8. The van der Waals surface area contributed by atoms with Gasteiger partial charge in [-0.3, -0.25) is 14.7 Å². The quantitative estimate of drug-likeness (QED) is 0.870. The van der Waals surface area contributed by atoms with Crippen LogP contribution in [-0.2, 0) is 4.74 Å². The molecular weight excluding hydrogens is 280 g/mol. The lowest BCUT2D eigenvalue weighted by molar-refractivity contribution is 0.0383. The second-order valence-corrected chi connectivity index (χ2v) is 5.84. The van der Waals surface area contributed by atoms with Crippen LogP contribution in [0.2, 0.25) is 0 Å². The number of rotatable bonds is 5. The Morgan fingerprint density at radius 1 is 1.18 bits per heavy atom. The minimum Gasteiger partial charge on any atom is -0.379 e. The van der Waals surface area contributed by atoms with Crippen LogP contribution < -0.4 is 10.2 Å². The van der Waals surface area contributed by atoms with Crippen molar-refractivity contribution in [2.24, 2.45) is 0 Å². The van der Waals surface area contributed by atoms with Crippen molar-refractivity contribution >= 4 is 11.6 Å². The van der Waals surface area contributed by atoms with Crippen molar-refractivity contribution in [2.75, 3.05) is 57.4 Å². The van der Waals surface area contributed by atoms with E-state index in [0.29, 0.717) is 12.1 Å². The van der Waals surface area contributed by atoms with E-state index in [1.54, 1.807) is 6.20 Å². The number of pyridine rings is 1. The highest BCUT2D eigenvalue weighted by Gasteiger charge is 2.15. The summed E-state index contributed by atoms with van der Waals surface area (Å²) in [4.78, 5) is 21.1. The number of amides is 1. The Hall–Kier alpha value is -1.66. The first-order valence-corrected chi connectivity index (χ1v) is 8.11. The maximum absolute atomic E-state index is 12.2. The molecule has 1 amide bonds. The van der Waals surface area contributed by atoms with Gasteiger partial charge in [0.05, 0.1) is 30.7 Å². The van der Waals surface area contributed by atoms with Crippen LogP contribution in [0.3, 0.4) is 0 Å². The third-order valence-electron chi connectivity index (χ3n) is 4.27. The van der Waals surface area contributed by atoms with Crippen LogP contribution in [0.5, 0.6) is 0 Å². The molecule has 0 aliphatic carbocycles. The summed E-state index contributed by atoms with van der Waals surface area (Å²) in [6, 6.07) is 1.95. The fourth-order valence-electron chi connectivity index (χ4n) is 2.95. The minimum absolute atomic E-state index is 0.0400. The van der Waals surface area contributed by atoms with Gasteiger partial charge in [0.15, 0.2) is 0 Å². The molecule has 1 N–H and O–H groups in total. The second kappa shape index (κ2) is 7.56. The molecule has 120 valence electrons. The van der Waals surface area contributed by atoms with E-state index in [4.69, 9.17) is 4.74 Å². The topological polar surface area (TPSA) is 57.7 Å². The number of nitrogens with one attached hydrogen (secondary N) is 1. The zero-order valence-electron chi connectivity index (χ0n) is 13.0. The number of carbonyl (C=O) groups is 1. The van der Waals surface area contributed by atoms with Crippen molar-refractivity contribution in [3.8, 4) is 0 Å². The van der Waals surface area contributed by atoms with Gasteiger partial charge in [-0.25, -0.2) is 0 Å². The van der Waals surface area contributed by atoms with E-state index < -0.39 is 0 Å². The second-order valence-electron chi connectivity index (χ2n) is 5.84. The Morgan fingerprint density at radius 3 is 2.73 bits per heavy atom. The van der Waals surface area contributed by atoms with Crippen molar-refractivity contribution in [1.82, 2.24) is 15.2 Å². The maximum atomic E-state index is 12.2. The SMILES string of the molecule is O=C(NCCN1CCOCC1)c1cncc(N2CCCC2)c1. The summed E-state index contributed by atoms with van der Waals surface area (Å²) < 4.78 is 5.32. The van der Waals surface area contributed by atoms with Crippen LogP contribution in [-0.4, -0.2) is 68.3 Å². The number of hydrogen-bond acceptors (Lipinski definition) is 5. The number of morpholine rings is 1. The molecule has 0 saturated carbocycles.